The second-order valence-electron chi connectivity index (χ2n) is 2.55. The second-order valence-corrected chi connectivity index (χ2v) is 3.40. The van der Waals surface area contributed by atoms with Crippen LogP contribution < -0.4 is 0 Å². The molecule has 1 aromatic carbocycles. The number of rotatable bonds is 0. The van der Waals surface area contributed by atoms with E-state index in [2.05, 4.69) is 27.8 Å². The van der Waals surface area contributed by atoms with E-state index in [0.717, 1.165) is 15.6 Å². The van der Waals surface area contributed by atoms with Crippen molar-refractivity contribution >= 4 is 15.9 Å². The molecule has 64 valence electrons. The van der Waals surface area contributed by atoms with Gasteiger partial charge in [-0.1, -0.05) is 33.8 Å². The van der Waals surface area contributed by atoms with E-state index in [-0.39, 0.29) is 6.42 Å². The van der Waals surface area contributed by atoms with Crippen LogP contribution in [-0.2, 0) is 0 Å². The fourth-order valence-corrected chi connectivity index (χ4v) is 1.29. The molecule has 0 radical (unpaired) electrons. The summed E-state index contributed by atoms with van der Waals surface area (Å²) in [6.07, 6.45) is 0.284. The van der Waals surface area contributed by atoms with Crippen LogP contribution in [0, 0.1) is 30.1 Å². The summed E-state index contributed by atoms with van der Waals surface area (Å²) < 4.78 is 1.05. The van der Waals surface area contributed by atoms with Crippen molar-refractivity contribution in [3.63, 3.8) is 0 Å². The third kappa shape index (κ3) is 2.61. The van der Waals surface area contributed by atoms with Gasteiger partial charge < -0.3 is 0 Å². The second kappa shape index (κ2) is 4.70. The maximum Gasteiger partial charge on any atom is 0.0966 e. The van der Waals surface area contributed by atoms with Gasteiger partial charge in [0.15, 0.2) is 0 Å². The number of halogens is 1. The van der Waals surface area contributed by atoms with Crippen LogP contribution in [0.2, 0.25) is 0 Å². The Balaban J connectivity index is 2.99. The van der Waals surface area contributed by atoms with Gasteiger partial charge in [-0.2, -0.15) is 5.26 Å². The van der Waals surface area contributed by atoms with Crippen molar-refractivity contribution in [3.8, 4) is 17.9 Å². The van der Waals surface area contributed by atoms with Crippen molar-refractivity contribution in [1.82, 2.24) is 0 Å². The summed E-state index contributed by atoms with van der Waals surface area (Å²) in [6, 6.07) is 7.85. The topological polar surface area (TPSA) is 23.8 Å². The zero-order valence-corrected chi connectivity index (χ0v) is 8.85. The Kier molecular flexibility index (Phi) is 3.55. The Labute approximate surface area is 86.5 Å². The Morgan fingerprint density at radius 2 is 2.23 bits per heavy atom. The molecule has 0 bridgehead atoms. The average Bonchev–Trinajstić information content (AvgIpc) is 2.13. The Morgan fingerprint density at radius 1 is 1.46 bits per heavy atom. The van der Waals surface area contributed by atoms with Crippen LogP contribution in [0.1, 0.15) is 17.5 Å². The number of nitrogens with zero attached hydrogens (tertiary/aromatic N) is 1. The van der Waals surface area contributed by atoms with E-state index in [1.165, 1.54) is 0 Å². The number of hydrogen-bond donors (Lipinski definition) is 0. The molecule has 0 saturated carbocycles. The molecule has 0 N–H and O–H groups in total. The predicted molar refractivity (Wildman–Crippen MR) is 56.0 cm³/mol. The summed E-state index contributed by atoms with van der Waals surface area (Å²) in [5, 5.41) is 8.31. The van der Waals surface area contributed by atoms with Crippen LogP contribution in [0.4, 0.5) is 0 Å². The summed E-state index contributed by atoms with van der Waals surface area (Å²) in [4.78, 5) is 0. The van der Waals surface area contributed by atoms with Crippen LogP contribution in [0.5, 0.6) is 0 Å². The third-order valence-electron chi connectivity index (χ3n) is 1.66. The molecule has 0 heterocycles. The SMILES string of the molecule is Cc1c(Br)cccc1C#CCC#N. The largest absolute Gasteiger partial charge is 0.197 e. The van der Waals surface area contributed by atoms with Crippen LogP contribution in [0.15, 0.2) is 22.7 Å². The molecule has 0 aliphatic rings. The fraction of sp³-hybridized carbons (Fsp3) is 0.182. The Bertz CT molecular complexity index is 404. The lowest BCUT2D eigenvalue weighted by Crippen LogP contribution is -1.82. The van der Waals surface area contributed by atoms with Gasteiger partial charge in [-0.25, -0.2) is 0 Å². The quantitative estimate of drug-likeness (QED) is 0.633. The molecule has 1 nitrogen and oxygen atoms in total. The summed E-state index contributed by atoms with van der Waals surface area (Å²) in [5.74, 6) is 5.74. The zero-order chi connectivity index (χ0) is 9.68. The van der Waals surface area contributed by atoms with Crippen molar-refractivity contribution in [3.05, 3.63) is 33.8 Å². The minimum atomic E-state index is 0.284. The molecular weight excluding hydrogens is 226 g/mol. The summed E-state index contributed by atoms with van der Waals surface area (Å²) in [7, 11) is 0. The third-order valence-corrected chi connectivity index (χ3v) is 2.52. The van der Waals surface area contributed by atoms with Crippen molar-refractivity contribution in [2.24, 2.45) is 0 Å². The van der Waals surface area contributed by atoms with Crippen LogP contribution >= 0.6 is 15.9 Å². The molecule has 0 spiro atoms. The Hall–Kier alpha value is -1.25. The molecule has 0 aliphatic carbocycles. The molecule has 0 aliphatic heterocycles. The lowest BCUT2D eigenvalue weighted by molar-refractivity contribution is 1.38. The van der Waals surface area contributed by atoms with E-state index in [1.54, 1.807) is 0 Å². The molecule has 0 aromatic heterocycles. The highest BCUT2D eigenvalue weighted by molar-refractivity contribution is 9.10. The maximum absolute atomic E-state index is 8.31. The van der Waals surface area contributed by atoms with Crippen molar-refractivity contribution < 1.29 is 0 Å². The number of hydrogen-bond acceptors (Lipinski definition) is 1. The highest BCUT2D eigenvalue weighted by atomic mass is 79.9. The first-order valence-corrected chi connectivity index (χ1v) is 4.66. The van der Waals surface area contributed by atoms with Gasteiger partial charge in [0.1, 0.15) is 0 Å². The zero-order valence-electron chi connectivity index (χ0n) is 7.26. The maximum atomic E-state index is 8.31. The first kappa shape index (κ1) is 9.84. The van der Waals surface area contributed by atoms with Gasteiger partial charge in [0.2, 0.25) is 0 Å². The minimum Gasteiger partial charge on any atom is -0.197 e. The molecule has 13 heavy (non-hydrogen) atoms. The lowest BCUT2D eigenvalue weighted by Gasteiger charge is -1.99. The highest BCUT2D eigenvalue weighted by Gasteiger charge is 1.96. The molecule has 2 heteroatoms. The highest BCUT2D eigenvalue weighted by Crippen LogP contribution is 2.18. The van der Waals surface area contributed by atoms with Gasteiger partial charge in [0.05, 0.1) is 12.5 Å². The van der Waals surface area contributed by atoms with Crippen molar-refractivity contribution in [2.75, 3.05) is 0 Å². The monoisotopic (exact) mass is 233 g/mol. The molecule has 0 unspecified atom stereocenters. The standard InChI is InChI=1S/C11H8BrN/c1-9-10(5-2-3-8-13)6-4-7-11(9)12/h4,6-7H,3H2,1H3. The van der Waals surface area contributed by atoms with E-state index in [9.17, 15) is 0 Å². The summed E-state index contributed by atoms with van der Waals surface area (Å²) in [6.45, 7) is 2.00. The van der Waals surface area contributed by atoms with Crippen LogP contribution in [0.25, 0.3) is 0 Å². The normalized spacial score (nSPS) is 8.38. The first-order chi connectivity index (χ1) is 6.25. The van der Waals surface area contributed by atoms with Gasteiger partial charge >= 0.3 is 0 Å². The van der Waals surface area contributed by atoms with Crippen LogP contribution in [0.3, 0.4) is 0 Å². The minimum absolute atomic E-state index is 0.284. The summed E-state index contributed by atoms with van der Waals surface area (Å²) >= 11 is 3.42. The molecule has 0 amide bonds. The van der Waals surface area contributed by atoms with E-state index in [0.29, 0.717) is 0 Å². The van der Waals surface area contributed by atoms with Gasteiger partial charge in [0, 0.05) is 10.0 Å². The first-order valence-electron chi connectivity index (χ1n) is 3.86. The van der Waals surface area contributed by atoms with Gasteiger partial charge in [0.25, 0.3) is 0 Å². The molecule has 1 rings (SSSR count). The molecular formula is C11H8BrN. The predicted octanol–water partition coefficient (Wildman–Crippen LogP) is 3.02. The van der Waals surface area contributed by atoms with Gasteiger partial charge in [-0.05, 0) is 24.6 Å². The Morgan fingerprint density at radius 3 is 2.92 bits per heavy atom. The molecule has 1 aromatic rings. The van der Waals surface area contributed by atoms with E-state index >= 15 is 0 Å². The summed E-state index contributed by atoms with van der Waals surface area (Å²) in [5.41, 5.74) is 2.09. The van der Waals surface area contributed by atoms with Gasteiger partial charge in [-0.15, -0.1) is 0 Å². The van der Waals surface area contributed by atoms with Crippen molar-refractivity contribution in [2.45, 2.75) is 13.3 Å². The van der Waals surface area contributed by atoms with Crippen LogP contribution in [-0.4, -0.2) is 0 Å². The fourth-order valence-electron chi connectivity index (χ4n) is 0.922. The van der Waals surface area contributed by atoms with Gasteiger partial charge in [-0.3, -0.25) is 0 Å². The average molecular weight is 234 g/mol. The van der Waals surface area contributed by atoms with E-state index < -0.39 is 0 Å². The molecule has 0 atom stereocenters. The van der Waals surface area contributed by atoms with Crippen molar-refractivity contribution in [1.29, 1.82) is 5.26 Å². The van der Waals surface area contributed by atoms with E-state index in [4.69, 9.17) is 5.26 Å². The lowest BCUT2D eigenvalue weighted by atomic mass is 10.1. The molecule has 0 fully saturated rings. The van der Waals surface area contributed by atoms with E-state index in [1.807, 2.05) is 31.2 Å². The number of nitriles is 1. The number of benzene rings is 1. The molecule has 0 saturated heterocycles. The smallest absolute Gasteiger partial charge is 0.0966 e.